The smallest absolute Gasteiger partial charge is 0.225 e. The lowest BCUT2D eigenvalue weighted by atomic mass is 9.96. The number of carbonyl (C=O) groups excluding carboxylic acids is 1. The lowest BCUT2D eigenvalue weighted by molar-refractivity contribution is -0.128. The summed E-state index contributed by atoms with van der Waals surface area (Å²) in [4.78, 5) is 16.1. The Hall–Kier alpha value is -2.24. The Morgan fingerprint density at radius 2 is 1.89 bits per heavy atom. The van der Waals surface area contributed by atoms with Gasteiger partial charge < -0.3 is 20.7 Å². The van der Waals surface area contributed by atoms with Crippen LogP contribution in [0.15, 0.2) is 23.2 Å². The Morgan fingerprint density at radius 3 is 2.52 bits per heavy atom. The topological polar surface area (TPSA) is 74.8 Å². The predicted octanol–water partition coefficient (Wildman–Crippen LogP) is 2.61. The SMILES string of the molecule is CN=C(NCCNC(=O)C(C)(C)C)NCc1ccc(C)cc1OCC1CC1. The van der Waals surface area contributed by atoms with Crippen LogP contribution in [0.5, 0.6) is 5.75 Å². The molecule has 27 heavy (non-hydrogen) atoms. The van der Waals surface area contributed by atoms with E-state index in [0.29, 0.717) is 25.6 Å². The van der Waals surface area contributed by atoms with Crippen LogP contribution in [-0.2, 0) is 11.3 Å². The zero-order valence-corrected chi connectivity index (χ0v) is 17.3. The molecule has 0 spiro atoms. The summed E-state index contributed by atoms with van der Waals surface area (Å²) in [6, 6.07) is 6.29. The van der Waals surface area contributed by atoms with Crippen molar-refractivity contribution >= 4 is 11.9 Å². The van der Waals surface area contributed by atoms with E-state index in [1.165, 1.54) is 18.4 Å². The molecule has 0 atom stereocenters. The Bertz CT molecular complexity index is 661. The molecule has 1 aromatic carbocycles. The summed E-state index contributed by atoms with van der Waals surface area (Å²) in [5.41, 5.74) is 1.94. The van der Waals surface area contributed by atoms with Gasteiger partial charge in [0.1, 0.15) is 5.75 Å². The predicted molar refractivity (Wildman–Crippen MR) is 110 cm³/mol. The van der Waals surface area contributed by atoms with Crippen LogP contribution in [0.25, 0.3) is 0 Å². The van der Waals surface area contributed by atoms with Gasteiger partial charge in [-0.3, -0.25) is 9.79 Å². The fourth-order valence-electron chi connectivity index (χ4n) is 2.46. The van der Waals surface area contributed by atoms with E-state index in [-0.39, 0.29) is 11.3 Å². The molecule has 0 radical (unpaired) electrons. The van der Waals surface area contributed by atoms with Crippen molar-refractivity contribution < 1.29 is 9.53 Å². The number of aryl methyl sites for hydroxylation is 1. The van der Waals surface area contributed by atoms with Crippen LogP contribution in [0.2, 0.25) is 0 Å². The third kappa shape index (κ3) is 7.49. The average Bonchev–Trinajstić information content (AvgIpc) is 3.43. The quantitative estimate of drug-likeness (QED) is 0.371. The third-order valence-electron chi connectivity index (χ3n) is 4.45. The molecule has 0 unspecified atom stereocenters. The highest BCUT2D eigenvalue weighted by molar-refractivity contribution is 5.81. The third-order valence-corrected chi connectivity index (χ3v) is 4.45. The van der Waals surface area contributed by atoms with E-state index in [4.69, 9.17) is 4.74 Å². The molecular formula is C21H34N4O2. The van der Waals surface area contributed by atoms with Gasteiger partial charge in [0.15, 0.2) is 5.96 Å². The molecule has 0 bridgehead atoms. The lowest BCUT2D eigenvalue weighted by Crippen LogP contribution is -2.43. The number of rotatable bonds is 8. The van der Waals surface area contributed by atoms with E-state index < -0.39 is 0 Å². The number of hydrogen-bond donors (Lipinski definition) is 3. The van der Waals surface area contributed by atoms with E-state index in [0.717, 1.165) is 23.8 Å². The summed E-state index contributed by atoms with van der Waals surface area (Å²) in [6.07, 6.45) is 2.56. The van der Waals surface area contributed by atoms with E-state index in [1.807, 2.05) is 20.8 Å². The van der Waals surface area contributed by atoms with E-state index in [1.54, 1.807) is 7.05 Å². The molecule has 3 N–H and O–H groups in total. The molecule has 0 aromatic heterocycles. The Balaban J connectivity index is 1.78. The van der Waals surface area contributed by atoms with Crippen LogP contribution in [0.4, 0.5) is 0 Å². The van der Waals surface area contributed by atoms with Gasteiger partial charge in [-0.1, -0.05) is 32.9 Å². The number of ether oxygens (including phenoxy) is 1. The van der Waals surface area contributed by atoms with E-state index >= 15 is 0 Å². The number of hydrogen-bond acceptors (Lipinski definition) is 3. The minimum atomic E-state index is -0.373. The van der Waals surface area contributed by atoms with Gasteiger partial charge in [0, 0.05) is 37.7 Å². The highest BCUT2D eigenvalue weighted by Gasteiger charge is 2.22. The number of benzene rings is 1. The molecule has 0 heterocycles. The van der Waals surface area contributed by atoms with Crippen molar-refractivity contribution in [2.75, 3.05) is 26.7 Å². The Kier molecular flexibility index (Phi) is 7.51. The van der Waals surface area contributed by atoms with Crippen molar-refractivity contribution in [3.8, 4) is 5.75 Å². The largest absolute Gasteiger partial charge is 0.493 e. The van der Waals surface area contributed by atoms with Crippen LogP contribution < -0.4 is 20.7 Å². The summed E-state index contributed by atoms with van der Waals surface area (Å²) in [5.74, 6) is 2.42. The molecule has 0 saturated heterocycles. The first-order valence-corrected chi connectivity index (χ1v) is 9.74. The van der Waals surface area contributed by atoms with Gasteiger partial charge in [-0.15, -0.1) is 0 Å². The molecule has 1 aliphatic rings. The van der Waals surface area contributed by atoms with Crippen LogP contribution in [0.3, 0.4) is 0 Å². The highest BCUT2D eigenvalue weighted by atomic mass is 16.5. The van der Waals surface area contributed by atoms with Crippen molar-refractivity contribution in [2.45, 2.75) is 47.1 Å². The van der Waals surface area contributed by atoms with Crippen molar-refractivity contribution in [3.63, 3.8) is 0 Å². The molecule has 6 heteroatoms. The number of nitrogens with zero attached hydrogens (tertiary/aromatic N) is 1. The minimum Gasteiger partial charge on any atom is -0.493 e. The second-order valence-corrected chi connectivity index (χ2v) is 8.22. The fraction of sp³-hybridized carbons (Fsp3) is 0.619. The molecule has 1 amide bonds. The minimum absolute atomic E-state index is 0.0457. The summed E-state index contributed by atoms with van der Waals surface area (Å²) in [7, 11) is 1.74. The Morgan fingerprint density at radius 1 is 1.19 bits per heavy atom. The standard InChI is InChI=1S/C21H34N4O2/c1-15-6-9-17(18(12-15)27-14-16-7-8-16)13-25-20(22-5)24-11-10-23-19(26)21(2,3)4/h6,9,12,16H,7-8,10-11,13-14H2,1-5H3,(H,23,26)(H2,22,24,25). The van der Waals surface area contributed by atoms with Crippen molar-refractivity contribution in [2.24, 2.45) is 16.3 Å². The molecule has 150 valence electrons. The summed E-state index contributed by atoms with van der Waals surface area (Å²) in [6.45, 7) is 10.4. The molecule has 6 nitrogen and oxygen atoms in total. The molecule has 1 saturated carbocycles. The average molecular weight is 375 g/mol. The van der Waals surface area contributed by atoms with Gasteiger partial charge in [-0.2, -0.15) is 0 Å². The van der Waals surface area contributed by atoms with E-state index in [9.17, 15) is 4.79 Å². The maximum Gasteiger partial charge on any atom is 0.225 e. The first-order chi connectivity index (χ1) is 12.8. The lowest BCUT2D eigenvalue weighted by Gasteiger charge is -2.18. The number of guanidine groups is 1. The monoisotopic (exact) mass is 374 g/mol. The first-order valence-electron chi connectivity index (χ1n) is 9.74. The zero-order valence-electron chi connectivity index (χ0n) is 17.3. The molecule has 2 rings (SSSR count). The summed E-state index contributed by atoms with van der Waals surface area (Å²) >= 11 is 0. The summed E-state index contributed by atoms with van der Waals surface area (Å²) < 4.78 is 6.02. The molecular weight excluding hydrogens is 340 g/mol. The van der Waals surface area contributed by atoms with Crippen molar-refractivity contribution in [1.82, 2.24) is 16.0 Å². The molecule has 1 aliphatic carbocycles. The number of amides is 1. The first kappa shape index (κ1) is 21.1. The molecule has 0 aliphatic heterocycles. The fourth-order valence-corrected chi connectivity index (χ4v) is 2.46. The molecule has 1 aromatic rings. The normalized spacial score (nSPS) is 14.6. The highest BCUT2D eigenvalue weighted by Crippen LogP contribution is 2.30. The maximum atomic E-state index is 11.9. The number of nitrogens with one attached hydrogen (secondary N) is 3. The summed E-state index contributed by atoms with van der Waals surface area (Å²) in [5, 5.41) is 9.45. The second-order valence-electron chi connectivity index (χ2n) is 8.22. The second kappa shape index (κ2) is 9.62. The Labute approximate surface area is 163 Å². The van der Waals surface area contributed by atoms with Crippen LogP contribution in [0.1, 0.15) is 44.7 Å². The van der Waals surface area contributed by atoms with Gasteiger partial charge in [0.25, 0.3) is 0 Å². The van der Waals surface area contributed by atoms with Gasteiger partial charge in [0.2, 0.25) is 5.91 Å². The van der Waals surface area contributed by atoms with Gasteiger partial charge in [-0.25, -0.2) is 0 Å². The van der Waals surface area contributed by atoms with Gasteiger partial charge >= 0.3 is 0 Å². The van der Waals surface area contributed by atoms with E-state index in [2.05, 4.69) is 46.1 Å². The number of carbonyl (C=O) groups is 1. The van der Waals surface area contributed by atoms with Crippen molar-refractivity contribution in [1.29, 1.82) is 0 Å². The maximum absolute atomic E-state index is 11.9. The van der Waals surface area contributed by atoms with Crippen LogP contribution in [0, 0.1) is 18.3 Å². The van der Waals surface area contributed by atoms with Crippen LogP contribution in [-0.4, -0.2) is 38.6 Å². The number of aliphatic imine (C=N–C) groups is 1. The molecule has 1 fully saturated rings. The zero-order chi connectivity index (χ0) is 19.9. The van der Waals surface area contributed by atoms with Crippen LogP contribution >= 0.6 is 0 Å². The van der Waals surface area contributed by atoms with Gasteiger partial charge in [-0.05, 0) is 37.3 Å². The van der Waals surface area contributed by atoms with Crippen molar-refractivity contribution in [3.05, 3.63) is 29.3 Å². The van der Waals surface area contributed by atoms with Gasteiger partial charge in [0.05, 0.1) is 6.61 Å².